The zero-order valence-electron chi connectivity index (χ0n) is 13.2. The molecule has 134 valence electrons. The third-order valence-electron chi connectivity index (χ3n) is 4.27. The molecule has 10 heteroatoms. The highest BCUT2D eigenvalue weighted by Gasteiger charge is 2.60. The van der Waals surface area contributed by atoms with Crippen LogP contribution in [0.3, 0.4) is 0 Å². The third kappa shape index (κ3) is 3.00. The Bertz CT molecular complexity index is 599. The van der Waals surface area contributed by atoms with Crippen LogP contribution in [0.5, 0.6) is 0 Å². The number of carboxylic acids is 1. The molecule has 0 spiro atoms. The van der Waals surface area contributed by atoms with Gasteiger partial charge in [-0.1, -0.05) is 6.92 Å². The second-order valence-corrected chi connectivity index (χ2v) is 6.90. The lowest BCUT2D eigenvalue weighted by Gasteiger charge is -2.47. The van der Waals surface area contributed by atoms with Crippen molar-refractivity contribution in [3.8, 4) is 0 Å². The number of hydrogen-bond acceptors (Lipinski definition) is 5. The van der Waals surface area contributed by atoms with Gasteiger partial charge in [0.05, 0.1) is 12.0 Å². The predicted molar refractivity (Wildman–Crippen MR) is 83.1 cm³/mol. The van der Waals surface area contributed by atoms with Crippen molar-refractivity contribution in [3.05, 3.63) is 10.6 Å². The average Bonchev–Trinajstić information content (AvgIpc) is 2.74. The number of nitrogens with zero attached hydrogens (tertiary/aromatic N) is 1. The van der Waals surface area contributed by atoms with E-state index >= 15 is 0 Å². The number of halogens is 2. The van der Waals surface area contributed by atoms with Crippen molar-refractivity contribution in [1.82, 2.24) is 10.2 Å². The van der Waals surface area contributed by atoms with Gasteiger partial charge in [-0.05, 0) is 6.92 Å². The molecule has 2 aliphatic heterocycles. The molecule has 0 aliphatic carbocycles. The summed E-state index contributed by atoms with van der Waals surface area (Å²) in [5.41, 5.74) is 5.38. The van der Waals surface area contributed by atoms with E-state index in [1.165, 1.54) is 23.6 Å². The number of nitrogens with two attached hydrogens (primary N) is 1. The first-order chi connectivity index (χ1) is 11.2. The molecule has 7 nitrogen and oxygen atoms in total. The molecule has 0 aromatic carbocycles. The molecule has 2 heterocycles. The lowest BCUT2D eigenvalue weighted by atomic mass is 9.78. The van der Waals surface area contributed by atoms with Crippen molar-refractivity contribution in [1.29, 1.82) is 0 Å². The smallest absolute Gasteiger partial charge is 0.353 e. The van der Waals surface area contributed by atoms with Crippen LogP contribution < -0.4 is 11.1 Å². The maximum atomic E-state index is 12.4. The number of alkyl halides is 2. The van der Waals surface area contributed by atoms with Gasteiger partial charge >= 0.3 is 12.4 Å². The highest BCUT2D eigenvalue weighted by Crippen LogP contribution is 2.50. The standard InChI is InChI=1S/C14H19F2N3O4S/c1-5-8-7(6(2)18-12(20)11(15)16)13(21)19(8)9(14(22)23)10(5)24-4-3-17/h5-8,11H,3-4,17H2,1-2H3,(H,18,20)(H,22,23)/t5-,6-,7-,8-/m1/s1. The molecule has 4 N–H and O–H groups in total. The fraction of sp³-hybridized carbons (Fsp3) is 0.643. The molecule has 0 unspecified atom stereocenters. The van der Waals surface area contributed by atoms with Crippen LogP contribution in [0.15, 0.2) is 10.6 Å². The molecule has 0 aromatic heterocycles. The first-order valence-corrected chi connectivity index (χ1v) is 8.42. The molecule has 24 heavy (non-hydrogen) atoms. The zero-order valence-corrected chi connectivity index (χ0v) is 14.0. The summed E-state index contributed by atoms with van der Waals surface area (Å²) in [4.78, 5) is 36.8. The van der Waals surface area contributed by atoms with Crippen LogP contribution in [-0.4, -0.2) is 58.6 Å². The number of carboxylic acid groups (broad SMARTS) is 1. The fourth-order valence-electron chi connectivity index (χ4n) is 3.28. The number of carbonyl (C=O) groups is 3. The zero-order chi connectivity index (χ0) is 18.2. The molecule has 2 amide bonds. The molecule has 2 aliphatic rings. The van der Waals surface area contributed by atoms with Crippen molar-refractivity contribution < 1.29 is 28.3 Å². The Kier molecular flexibility index (Phi) is 5.49. The largest absolute Gasteiger partial charge is 0.477 e. The summed E-state index contributed by atoms with van der Waals surface area (Å²) in [6.07, 6.45) is -3.16. The van der Waals surface area contributed by atoms with Crippen LogP contribution in [0.25, 0.3) is 0 Å². The summed E-state index contributed by atoms with van der Waals surface area (Å²) in [7, 11) is 0. The predicted octanol–water partition coefficient (Wildman–Crippen LogP) is 0.221. The van der Waals surface area contributed by atoms with Crippen molar-refractivity contribution in [2.75, 3.05) is 12.3 Å². The van der Waals surface area contributed by atoms with Gasteiger partial charge in [0.1, 0.15) is 5.70 Å². The summed E-state index contributed by atoms with van der Waals surface area (Å²) in [5, 5.41) is 11.5. The molecular weight excluding hydrogens is 344 g/mol. The Morgan fingerprint density at radius 1 is 1.46 bits per heavy atom. The van der Waals surface area contributed by atoms with E-state index in [-0.39, 0.29) is 11.6 Å². The van der Waals surface area contributed by atoms with Crippen LogP contribution >= 0.6 is 11.8 Å². The number of rotatable bonds is 7. The number of β-lactam (4-membered cyclic amide) rings is 1. The molecule has 0 bridgehead atoms. The summed E-state index contributed by atoms with van der Waals surface area (Å²) in [6, 6.07) is -1.27. The van der Waals surface area contributed by atoms with Crippen molar-refractivity contribution in [2.45, 2.75) is 32.4 Å². The molecular formula is C14H19F2N3O4S. The van der Waals surface area contributed by atoms with Crippen molar-refractivity contribution in [2.24, 2.45) is 17.6 Å². The summed E-state index contributed by atoms with van der Waals surface area (Å²) < 4.78 is 24.8. The normalized spacial score (nSPS) is 27.2. The highest BCUT2D eigenvalue weighted by molar-refractivity contribution is 8.03. The molecule has 1 fully saturated rings. The molecule has 0 saturated carbocycles. The van der Waals surface area contributed by atoms with Gasteiger partial charge in [-0.2, -0.15) is 8.78 Å². The van der Waals surface area contributed by atoms with Crippen LogP contribution in [0, 0.1) is 11.8 Å². The summed E-state index contributed by atoms with van der Waals surface area (Å²) >= 11 is 1.28. The SMILES string of the molecule is C[C@@H](NC(=O)C(F)F)[C@H]1C(=O)N2C(C(=O)O)=C(SCCN)[C@H](C)[C@H]12. The fourth-order valence-corrected chi connectivity index (χ4v) is 4.34. The number of hydrogen-bond donors (Lipinski definition) is 3. The first kappa shape index (κ1) is 18.7. The van der Waals surface area contributed by atoms with Gasteiger partial charge in [0, 0.05) is 29.2 Å². The highest BCUT2D eigenvalue weighted by atomic mass is 32.2. The molecule has 2 rings (SSSR count). The number of fused-ring (bicyclic) bond motifs is 1. The van der Waals surface area contributed by atoms with Gasteiger partial charge in [-0.15, -0.1) is 11.8 Å². The topological polar surface area (TPSA) is 113 Å². The van der Waals surface area contributed by atoms with Crippen molar-refractivity contribution >= 4 is 29.5 Å². The second kappa shape index (κ2) is 7.06. The number of carbonyl (C=O) groups excluding carboxylic acids is 2. The maximum absolute atomic E-state index is 12.4. The Labute approximate surface area is 141 Å². The second-order valence-electron chi connectivity index (χ2n) is 5.77. The molecule has 1 saturated heterocycles. The number of aliphatic carboxylic acids is 1. The minimum Gasteiger partial charge on any atom is -0.477 e. The Hall–Kier alpha value is -1.68. The molecule has 4 atom stereocenters. The molecule has 0 radical (unpaired) electrons. The van der Waals surface area contributed by atoms with E-state index in [2.05, 4.69) is 5.32 Å². The van der Waals surface area contributed by atoms with Crippen LogP contribution in [-0.2, 0) is 14.4 Å². The summed E-state index contributed by atoms with van der Waals surface area (Å²) in [5.74, 6) is -3.61. The average molecular weight is 363 g/mol. The van der Waals surface area contributed by atoms with Gasteiger partial charge in [0.2, 0.25) is 5.91 Å². The van der Waals surface area contributed by atoms with Crippen LogP contribution in [0.1, 0.15) is 13.8 Å². The lowest BCUT2D eigenvalue weighted by molar-refractivity contribution is -0.159. The van der Waals surface area contributed by atoms with E-state index in [1.807, 2.05) is 0 Å². The number of thioether (sulfide) groups is 1. The van der Waals surface area contributed by atoms with E-state index in [0.29, 0.717) is 17.2 Å². The van der Waals surface area contributed by atoms with E-state index in [4.69, 9.17) is 5.73 Å². The Balaban J connectivity index is 2.20. The van der Waals surface area contributed by atoms with E-state index in [9.17, 15) is 28.3 Å². The van der Waals surface area contributed by atoms with Gasteiger partial charge < -0.3 is 21.1 Å². The number of amides is 2. The van der Waals surface area contributed by atoms with Gasteiger partial charge in [-0.3, -0.25) is 9.59 Å². The first-order valence-electron chi connectivity index (χ1n) is 7.44. The molecule has 0 aromatic rings. The quantitative estimate of drug-likeness (QED) is 0.558. The van der Waals surface area contributed by atoms with Gasteiger partial charge in [0.25, 0.3) is 5.91 Å². The maximum Gasteiger partial charge on any atom is 0.353 e. The van der Waals surface area contributed by atoms with E-state index in [0.717, 1.165) is 0 Å². The Morgan fingerprint density at radius 3 is 2.58 bits per heavy atom. The van der Waals surface area contributed by atoms with Crippen molar-refractivity contribution in [3.63, 3.8) is 0 Å². The van der Waals surface area contributed by atoms with Gasteiger partial charge in [0.15, 0.2) is 0 Å². The van der Waals surface area contributed by atoms with Crippen LogP contribution in [0.4, 0.5) is 8.78 Å². The third-order valence-corrected chi connectivity index (χ3v) is 5.59. The lowest BCUT2D eigenvalue weighted by Crippen LogP contribution is -2.66. The van der Waals surface area contributed by atoms with E-state index in [1.54, 1.807) is 6.92 Å². The van der Waals surface area contributed by atoms with Crippen LogP contribution in [0.2, 0.25) is 0 Å². The monoisotopic (exact) mass is 363 g/mol. The van der Waals surface area contributed by atoms with Gasteiger partial charge in [-0.25, -0.2) is 4.79 Å². The minimum atomic E-state index is -3.16. The van der Waals surface area contributed by atoms with E-state index < -0.39 is 42.2 Å². The summed E-state index contributed by atoms with van der Waals surface area (Å²) in [6.45, 7) is 3.61. The number of nitrogens with one attached hydrogen (secondary N) is 1. The minimum absolute atomic E-state index is 0.0698. The Morgan fingerprint density at radius 2 is 2.08 bits per heavy atom.